The molecule has 0 aromatic heterocycles. The fourth-order valence-electron chi connectivity index (χ4n) is 1.62. The maximum Gasteiger partial charge on any atom is 0.306 e. The van der Waals surface area contributed by atoms with Crippen molar-refractivity contribution in [3.63, 3.8) is 0 Å². The molecule has 1 rings (SSSR count). The Hall–Kier alpha value is -1.89. The lowest BCUT2D eigenvalue weighted by molar-refractivity contribution is -0.141. The zero-order valence-electron chi connectivity index (χ0n) is 13.1. The number of anilines is 1. The molecule has 7 heteroatoms. The molecule has 1 aromatic carbocycles. The lowest BCUT2D eigenvalue weighted by Crippen LogP contribution is -2.43. The molecule has 1 aromatic rings. The largest absolute Gasteiger partial charge is 0.481 e. The van der Waals surface area contributed by atoms with Gasteiger partial charge in [0.15, 0.2) is 9.84 Å². The molecule has 0 unspecified atom stereocenters. The van der Waals surface area contributed by atoms with Crippen molar-refractivity contribution in [1.82, 2.24) is 0 Å². The average molecular weight is 327 g/mol. The first-order valence-electron chi connectivity index (χ1n) is 6.78. The van der Waals surface area contributed by atoms with Crippen molar-refractivity contribution in [2.24, 2.45) is 5.92 Å². The number of hydrogen-bond donors (Lipinski definition) is 2. The van der Waals surface area contributed by atoms with Crippen LogP contribution in [0.5, 0.6) is 0 Å². The lowest BCUT2D eigenvalue weighted by atomic mass is 10.0. The summed E-state index contributed by atoms with van der Waals surface area (Å²) in [6, 6.07) is 6.67. The normalized spacial score (nSPS) is 13.5. The Labute approximate surface area is 130 Å². The standard InChI is InChI=1S/C15H21NO5S/c1-10(13(17)18)9-11-5-7-12(8-6-11)16-14(19)15(2,3)22(4,20)21/h5-8,10H,9H2,1-4H3,(H,16,19)(H,17,18)/t10-/m1/s1. The summed E-state index contributed by atoms with van der Waals surface area (Å²) >= 11 is 0. The van der Waals surface area contributed by atoms with Gasteiger partial charge in [-0.1, -0.05) is 19.1 Å². The Morgan fingerprint density at radius 1 is 1.23 bits per heavy atom. The van der Waals surface area contributed by atoms with Crippen LogP contribution >= 0.6 is 0 Å². The van der Waals surface area contributed by atoms with Crippen LogP contribution in [0.2, 0.25) is 0 Å². The number of nitrogens with one attached hydrogen (secondary N) is 1. The molecule has 0 spiro atoms. The first kappa shape index (κ1) is 18.2. The fourth-order valence-corrected chi connectivity index (χ4v) is 2.00. The van der Waals surface area contributed by atoms with Gasteiger partial charge in [-0.15, -0.1) is 0 Å². The van der Waals surface area contributed by atoms with Crippen LogP contribution in [0.1, 0.15) is 26.3 Å². The fraction of sp³-hybridized carbons (Fsp3) is 0.467. The minimum absolute atomic E-state index is 0.387. The maximum absolute atomic E-state index is 12.1. The topological polar surface area (TPSA) is 101 Å². The highest BCUT2D eigenvalue weighted by atomic mass is 32.2. The smallest absolute Gasteiger partial charge is 0.306 e. The Morgan fingerprint density at radius 2 is 1.73 bits per heavy atom. The SMILES string of the molecule is C[C@H](Cc1ccc(NC(=O)C(C)(C)S(C)(=O)=O)cc1)C(=O)O. The highest BCUT2D eigenvalue weighted by Gasteiger charge is 2.38. The van der Waals surface area contributed by atoms with Gasteiger partial charge >= 0.3 is 5.97 Å². The molecule has 1 atom stereocenters. The van der Waals surface area contributed by atoms with Gasteiger partial charge in [0.25, 0.3) is 0 Å². The summed E-state index contributed by atoms with van der Waals surface area (Å²) in [5.74, 6) is -1.97. The number of rotatable bonds is 6. The number of carboxylic acids is 1. The van der Waals surface area contributed by atoms with Crippen LogP contribution in [0.3, 0.4) is 0 Å². The Balaban J connectivity index is 2.81. The highest BCUT2D eigenvalue weighted by Crippen LogP contribution is 2.19. The number of hydrogen-bond acceptors (Lipinski definition) is 4. The minimum Gasteiger partial charge on any atom is -0.481 e. The molecule has 0 radical (unpaired) electrons. The van der Waals surface area contributed by atoms with Crippen molar-refractivity contribution in [2.75, 3.05) is 11.6 Å². The van der Waals surface area contributed by atoms with Gasteiger partial charge in [0.2, 0.25) is 5.91 Å². The zero-order valence-corrected chi connectivity index (χ0v) is 13.9. The lowest BCUT2D eigenvalue weighted by Gasteiger charge is -2.21. The van der Waals surface area contributed by atoms with Gasteiger partial charge < -0.3 is 10.4 Å². The molecule has 1 amide bonds. The Morgan fingerprint density at radius 3 is 2.14 bits per heavy atom. The second-order valence-electron chi connectivity index (χ2n) is 5.88. The maximum atomic E-state index is 12.1. The monoisotopic (exact) mass is 327 g/mol. The number of benzene rings is 1. The van der Waals surface area contributed by atoms with Crippen molar-refractivity contribution in [1.29, 1.82) is 0 Å². The summed E-state index contributed by atoms with van der Waals surface area (Å²) in [6.07, 6.45) is 1.40. The van der Waals surface area contributed by atoms with Crippen molar-refractivity contribution in [3.8, 4) is 0 Å². The van der Waals surface area contributed by atoms with Gasteiger partial charge in [-0.2, -0.15) is 0 Å². The van der Waals surface area contributed by atoms with E-state index in [1.807, 2.05) is 0 Å². The van der Waals surface area contributed by atoms with Gasteiger partial charge in [0.05, 0.1) is 5.92 Å². The highest BCUT2D eigenvalue weighted by molar-refractivity contribution is 7.92. The summed E-state index contributed by atoms with van der Waals surface area (Å²) in [5, 5.41) is 11.4. The first-order chi connectivity index (χ1) is 9.95. The molecule has 0 saturated heterocycles. The molecule has 0 fully saturated rings. The quantitative estimate of drug-likeness (QED) is 0.828. The van der Waals surface area contributed by atoms with Crippen LogP contribution in [-0.2, 0) is 25.8 Å². The molecule has 0 saturated carbocycles. The number of aliphatic carboxylic acids is 1. The van der Waals surface area contributed by atoms with E-state index >= 15 is 0 Å². The van der Waals surface area contributed by atoms with Crippen LogP contribution in [-0.4, -0.2) is 36.4 Å². The summed E-state index contributed by atoms with van der Waals surface area (Å²) in [4.78, 5) is 22.9. The minimum atomic E-state index is -3.53. The van der Waals surface area contributed by atoms with E-state index < -0.39 is 32.4 Å². The summed E-state index contributed by atoms with van der Waals surface area (Å²) in [7, 11) is -3.53. The Kier molecular flexibility index (Phi) is 5.35. The first-order valence-corrected chi connectivity index (χ1v) is 8.67. The molecule has 0 heterocycles. The molecule has 6 nitrogen and oxygen atoms in total. The number of carbonyl (C=O) groups is 2. The number of sulfone groups is 1. The van der Waals surface area contributed by atoms with Gasteiger partial charge in [-0.3, -0.25) is 9.59 Å². The van der Waals surface area contributed by atoms with Crippen LogP contribution in [0.4, 0.5) is 5.69 Å². The van der Waals surface area contributed by atoms with Crippen LogP contribution < -0.4 is 5.32 Å². The Bertz CT molecular complexity index is 662. The van der Waals surface area contributed by atoms with E-state index in [1.165, 1.54) is 13.8 Å². The molecule has 2 N–H and O–H groups in total. The summed E-state index contributed by atoms with van der Waals surface area (Å²) in [5.41, 5.74) is 1.30. The number of carbonyl (C=O) groups excluding carboxylic acids is 1. The van der Waals surface area contributed by atoms with Gasteiger partial charge in [-0.25, -0.2) is 8.42 Å². The third-order valence-electron chi connectivity index (χ3n) is 3.65. The summed E-state index contributed by atoms with van der Waals surface area (Å²) in [6.45, 7) is 4.31. The zero-order chi connectivity index (χ0) is 17.1. The van der Waals surface area contributed by atoms with Crippen molar-refractivity contribution in [2.45, 2.75) is 31.9 Å². The second-order valence-corrected chi connectivity index (χ2v) is 8.44. The average Bonchev–Trinajstić information content (AvgIpc) is 2.39. The van der Waals surface area contributed by atoms with E-state index in [2.05, 4.69) is 5.32 Å². The van der Waals surface area contributed by atoms with Crippen LogP contribution in [0, 0.1) is 5.92 Å². The molecule has 122 valence electrons. The third kappa shape index (κ3) is 4.30. The predicted octanol–water partition coefficient (Wildman–Crippen LogP) is 1.71. The van der Waals surface area contributed by atoms with Crippen molar-refractivity contribution >= 4 is 27.4 Å². The number of carboxylic acid groups (broad SMARTS) is 1. The summed E-state index contributed by atoms with van der Waals surface area (Å²) < 4.78 is 21.7. The predicted molar refractivity (Wildman–Crippen MR) is 84.5 cm³/mol. The van der Waals surface area contributed by atoms with E-state index in [9.17, 15) is 18.0 Å². The van der Waals surface area contributed by atoms with Gasteiger partial charge in [0, 0.05) is 11.9 Å². The van der Waals surface area contributed by atoms with Crippen molar-refractivity contribution < 1.29 is 23.1 Å². The molecule has 0 bridgehead atoms. The third-order valence-corrected chi connectivity index (χ3v) is 5.69. The van der Waals surface area contributed by atoms with E-state index in [1.54, 1.807) is 31.2 Å². The van der Waals surface area contributed by atoms with E-state index in [4.69, 9.17) is 5.11 Å². The number of amides is 1. The van der Waals surface area contributed by atoms with Gasteiger partial charge in [-0.05, 0) is 38.0 Å². The van der Waals surface area contributed by atoms with Crippen LogP contribution in [0.25, 0.3) is 0 Å². The molecular weight excluding hydrogens is 306 g/mol. The molecular formula is C15H21NO5S. The molecule has 0 aliphatic heterocycles. The van der Waals surface area contributed by atoms with E-state index in [0.717, 1.165) is 11.8 Å². The molecule has 22 heavy (non-hydrogen) atoms. The van der Waals surface area contributed by atoms with E-state index in [-0.39, 0.29) is 0 Å². The van der Waals surface area contributed by atoms with Gasteiger partial charge in [0.1, 0.15) is 4.75 Å². The molecule has 0 aliphatic carbocycles. The second kappa shape index (κ2) is 6.48. The molecule has 0 aliphatic rings. The van der Waals surface area contributed by atoms with Crippen LogP contribution in [0.15, 0.2) is 24.3 Å². The van der Waals surface area contributed by atoms with Crippen molar-refractivity contribution in [3.05, 3.63) is 29.8 Å². The van der Waals surface area contributed by atoms with E-state index in [0.29, 0.717) is 12.1 Å².